The van der Waals surface area contributed by atoms with Crippen molar-refractivity contribution in [3.63, 3.8) is 0 Å². The summed E-state index contributed by atoms with van der Waals surface area (Å²) in [6.07, 6.45) is 0. The van der Waals surface area contributed by atoms with E-state index in [4.69, 9.17) is 4.42 Å². The van der Waals surface area contributed by atoms with Gasteiger partial charge in [0.25, 0.3) is 0 Å². The summed E-state index contributed by atoms with van der Waals surface area (Å²) < 4.78 is 6.57. The molecule has 17 heavy (non-hydrogen) atoms. The summed E-state index contributed by atoms with van der Waals surface area (Å²) in [5, 5.41) is 6.52. The number of nitrogens with zero attached hydrogens (tertiary/aromatic N) is 1. The highest BCUT2D eigenvalue weighted by molar-refractivity contribution is 5.77. The lowest BCUT2D eigenvalue weighted by Crippen LogP contribution is -2.21. The predicted octanol–water partition coefficient (Wildman–Crippen LogP) is 1.15. The fourth-order valence-electron chi connectivity index (χ4n) is 1.71. The number of anilines is 1. The van der Waals surface area contributed by atoms with Gasteiger partial charge < -0.3 is 15.1 Å². The normalized spacial score (nSPS) is 10.9. The van der Waals surface area contributed by atoms with Crippen molar-refractivity contribution in [3.8, 4) is 0 Å². The van der Waals surface area contributed by atoms with Crippen molar-refractivity contribution >= 4 is 16.8 Å². The summed E-state index contributed by atoms with van der Waals surface area (Å²) in [4.78, 5) is 11.3. The minimum atomic E-state index is -0.329. The fourth-order valence-corrected chi connectivity index (χ4v) is 1.71. The summed E-state index contributed by atoms with van der Waals surface area (Å²) in [6.45, 7) is 4.81. The Balaban J connectivity index is 2.14. The van der Waals surface area contributed by atoms with E-state index in [1.807, 2.05) is 18.2 Å². The molecule has 0 fully saturated rings. The lowest BCUT2D eigenvalue weighted by molar-refractivity contribution is 0.528. The van der Waals surface area contributed by atoms with Crippen LogP contribution in [0, 0.1) is 0 Å². The molecule has 5 heteroatoms. The number of likely N-dealkylation sites (N-methyl/N-ethyl adjacent to an activating group) is 1. The molecule has 0 radical (unpaired) electrons. The largest absolute Gasteiger partial charge is 0.419 e. The van der Waals surface area contributed by atoms with E-state index in [9.17, 15) is 4.79 Å². The Morgan fingerprint density at radius 2 is 2.18 bits per heavy atom. The summed E-state index contributed by atoms with van der Waals surface area (Å²) in [6, 6.07) is 5.65. The topological polar surface area (TPSA) is 59.2 Å². The molecule has 2 aromatic rings. The van der Waals surface area contributed by atoms with Crippen LogP contribution in [0.3, 0.4) is 0 Å². The summed E-state index contributed by atoms with van der Waals surface area (Å²) >= 11 is 0. The predicted molar refractivity (Wildman–Crippen MR) is 68.5 cm³/mol. The highest BCUT2D eigenvalue weighted by atomic mass is 16.4. The maximum absolute atomic E-state index is 11.3. The van der Waals surface area contributed by atoms with E-state index in [0.29, 0.717) is 5.58 Å². The second-order valence-corrected chi connectivity index (χ2v) is 3.89. The lowest BCUT2D eigenvalue weighted by Gasteiger charge is -2.06. The van der Waals surface area contributed by atoms with Gasteiger partial charge in [0.15, 0.2) is 5.58 Å². The number of nitrogens with one attached hydrogen (secondary N) is 2. The Morgan fingerprint density at radius 1 is 1.35 bits per heavy atom. The molecule has 2 rings (SSSR count). The average Bonchev–Trinajstić information content (AvgIpc) is 2.61. The quantitative estimate of drug-likeness (QED) is 0.763. The van der Waals surface area contributed by atoms with Crippen LogP contribution in [0.1, 0.15) is 6.92 Å². The molecule has 0 bridgehead atoms. The molecule has 1 heterocycles. The third-order valence-corrected chi connectivity index (χ3v) is 2.67. The molecule has 2 N–H and O–H groups in total. The van der Waals surface area contributed by atoms with E-state index >= 15 is 0 Å². The second-order valence-electron chi connectivity index (χ2n) is 3.89. The van der Waals surface area contributed by atoms with Crippen LogP contribution >= 0.6 is 0 Å². The van der Waals surface area contributed by atoms with Crippen LogP contribution < -0.4 is 16.4 Å². The van der Waals surface area contributed by atoms with Gasteiger partial charge >= 0.3 is 5.76 Å². The van der Waals surface area contributed by atoms with Gasteiger partial charge in [0, 0.05) is 25.8 Å². The molecule has 92 valence electrons. The zero-order valence-corrected chi connectivity index (χ0v) is 10.1. The number of rotatable bonds is 5. The molecule has 0 unspecified atom stereocenters. The number of aryl methyl sites for hydroxylation is 1. The third kappa shape index (κ3) is 2.50. The molecule has 1 aromatic carbocycles. The summed E-state index contributed by atoms with van der Waals surface area (Å²) in [7, 11) is 1.70. The monoisotopic (exact) mass is 235 g/mol. The molecule has 0 spiro atoms. The first-order chi connectivity index (χ1) is 8.22. The maximum atomic E-state index is 11.3. The number of hydrogen-bond donors (Lipinski definition) is 2. The molecule has 0 amide bonds. The number of fused-ring (bicyclic) bond motifs is 1. The first-order valence-corrected chi connectivity index (χ1v) is 5.76. The lowest BCUT2D eigenvalue weighted by atomic mass is 10.3. The summed E-state index contributed by atoms with van der Waals surface area (Å²) in [5.74, 6) is -0.329. The smallest absolute Gasteiger partial charge is 0.408 e. The Kier molecular flexibility index (Phi) is 3.49. The van der Waals surface area contributed by atoms with E-state index in [-0.39, 0.29) is 5.76 Å². The zero-order valence-electron chi connectivity index (χ0n) is 10.1. The molecular weight excluding hydrogens is 218 g/mol. The molecule has 0 atom stereocenters. The average molecular weight is 235 g/mol. The SMILES string of the molecule is CCNCCNc1ccc2oc(=O)n(C)c2c1. The molecular formula is C12H17N3O2. The van der Waals surface area contributed by atoms with Gasteiger partial charge in [-0.25, -0.2) is 4.79 Å². The van der Waals surface area contributed by atoms with Crippen molar-refractivity contribution in [2.24, 2.45) is 7.05 Å². The van der Waals surface area contributed by atoms with Gasteiger partial charge in [0.2, 0.25) is 0 Å². The minimum absolute atomic E-state index is 0.329. The van der Waals surface area contributed by atoms with Gasteiger partial charge in [-0.1, -0.05) is 6.92 Å². The Bertz CT molecular complexity index is 556. The van der Waals surface area contributed by atoms with Crippen LogP contribution in [0.4, 0.5) is 5.69 Å². The van der Waals surface area contributed by atoms with Crippen molar-refractivity contribution < 1.29 is 4.42 Å². The Morgan fingerprint density at radius 3 is 2.94 bits per heavy atom. The van der Waals surface area contributed by atoms with Crippen molar-refractivity contribution in [2.45, 2.75) is 6.92 Å². The van der Waals surface area contributed by atoms with Crippen LogP contribution in [0.25, 0.3) is 11.1 Å². The van der Waals surface area contributed by atoms with Crippen LogP contribution in [0.5, 0.6) is 0 Å². The number of aromatic nitrogens is 1. The highest BCUT2D eigenvalue weighted by Gasteiger charge is 2.05. The zero-order chi connectivity index (χ0) is 12.3. The van der Waals surface area contributed by atoms with Gasteiger partial charge in [-0.3, -0.25) is 4.57 Å². The number of hydrogen-bond acceptors (Lipinski definition) is 4. The fraction of sp³-hybridized carbons (Fsp3) is 0.417. The maximum Gasteiger partial charge on any atom is 0.419 e. The standard InChI is InChI=1S/C12H17N3O2/c1-3-13-6-7-14-9-4-5-11-10(8-9)15(2)12(16)17-11/h4-5,8,13-14H,3,6-7H2,1-2H3. The molecule has 0 aliphatic carbocycles. The van der Waals surface area contributed by atoms with Gasteiger partial charge in [0.1, 0.15) is 0 Å². The van der Waals surface area contributed by atoms with Crippen molar-refractivity contribution in [3.05, 3.63) is 28.7 Å². The van der Waals surface area contributed by atoms with Gasteiger partial charge in [-0.15, -0.1) is 0 Å². The molecule has 1 aromatic heterocycles. The number of benzene rings is 1. The molecule has 0 aliphatic heterocycles. The van der Waals surface area contributed by atoms with Crippen LogP contribution in [-0.4, -0.2) is 24.2 Å². The Hall–Kier alpha value is -1.75. The second kappa shape index (κ2) is 5.05. The molecule has 0 aliphatic rings. The van der Waals surface area contributed by atoms with E-state index < -0.39 is 0 Å². The molecule has 0 saturated heterocycles. The van der Waals surface area contributed by atoms with E-state index in [1.54, 1.807) is 7.05 Å². The van der Waals surface area contributed by atoms with Gasteiger partial charge in [-0.05, 0) is 24.7 Å². The van der Waals surface area contributed by atoms with Crippen LogP contribution in [0.15, 0.2) is 27.4 Å². The first kappa shape index (κ1) is 11.7. The minimum Gasteiger partial charge on any atom is -0.408 e. The van der Waals surface area contributed by atoms with E-state index in [0.717, 1.165) is 30.8 Å². The molecule has 5 nitrogen and oxygen atoms in total. The van der Waals surface area contributed by atoms with Crippen LogP contribution in [-0.2, 0) is 7.05 Å². The Labute approximate surface area is 99.4 Å². The van der Waals surface area contributed by atoms with Crippen molar-refractivity contribution in [1.82, 2.24) is 9.88 Å². The van der Waals surface area contributed by atoms with Crippen molar-refractivity contribution in [2.75, 3.05) is 25.0 Å². The van der Waals surface area contributed by atoms with Gasteiger partial charge in [-0.2, -0.15) is 0 Å². The first-order valence-electron chi connectivity index (χ1n) is 5.76. The highest BCUT2D eigenvalue weighted by Crippen LogP contribution is 2.17. The number of oxazole rings is 1. The van der Waals surface area contributed by atoms with Crippen molar-refractivity contribution in [1.29, 1.82) is 0 Å². The molecule has 0 saturated carbocycles. The van der Waals surface area contributed by atoms with E-state index in [2.05, 4.69) is 17.6 Å². The van der Waals surface area contributed by atoms with Gasteiger partial charge in [0.05, 0.1) is 5.52 Å². The van der Waals surface area contributed by atoms with E-state index in [1.165, 1.54) is 4.57 Å². The van der Waals surface area contributed by atoms with Crippen LogP contribution in [0.2, 0.25) is 0 Å². The third-order valence-electron chi connectivity index (χ3n) is 2.67. The summed E-state index contributed by atoms with van der Waals surface area (Å²) in [5.41, 5.74) is 2.42.